The molecule has 0 bridgehead atoms. The zero-order chi connectivity index (χ0) is 26.2. The molecule has 0 radical (unpaired) electrons. The van der Waals surface area contributed by atoms with E-state index in [0.29, 0.717) is 16.6 Å². The Morgan fingerprint density at radius 2 is 2.11 bits per heavy atom. The first-order valence-corrected chi connectivity index (χ1v) is 13.2. The second-order valence-corrected chi connectivity index (χ2v) is 10.3. The van der Waals surface area contributed by atoms with E-state index in [1.165, 1.54) is 17.7 Å². The van der Waals surface area contributed by atoms with Crippen molar-refractivity contribution in [3.8, 4) is 16.2 Å². The lowest BCUT2D eigenvalue weighted by molar-refractivity contribution is -0.121. The molecule has 2 aromatic carbocycles. The topological polar surface area (TPSA) is 94.0 Å². The summed E-state index contributed by atoms with van der Waals surface area (Å²) in [5, 5.41) is 12.0. The SMILES string of the molecule is CNC(=O)Cn1cc2c(n1)CCc1c-2sc2ncnc(Nc3ccc(OCc4cccc(F)c4)c(Cl)c3)c12. The third-order valence-corrected chi connectivity index (χ3v) is 7.81. The predicted octanol–water partition coefficient (Wildman–Crippen LogP) is 5.51. The van der Waals surface area contributed by atoms with E-state index in [1.54, 1.807) is 53.7 Å². The van der Waals surface area contributed by atoms with Crippen molar-refractivity contribution in [1.82, 2.24) is 25.1 Å². The maximum atomic E-state index is 13.4. The molecule has 5 aromatic rings. The molecule has 0 saturated heterocycles. The van der Waals surface area contributed by atoms with Crippen LogP contribution in [0.4, 0.5) is 15.9 Å². The minimum Gasteiger partial charge on any atom is -0.487 e. The van der Waals surface area contributed by atoms with Crippen LogP contribution in [0.2, 0.25) is 5.02 Å². The van der Waals surface area contributed by atoms with E-state index in [4.69, 9.17) is 16.3 Å². The molecule has 1 amide bonds. The van der Waals surface area contributed by atoms with Gasteiger partial charge >= 0.3 is 0 Å². The molecule has 6 rings (SSSR count). The Morgan fingerprint density at radius 1 is 1.21 bits per heavy atom. The highest BCUT2D eigenvalue weighted by Crippen LogP contribution is 2.45. The van der Waals surface area contributed by atoms with Crippen LogP contribution in [0.5, 0.6) is 5.75 Å². The van der Waals surface area contributed by atoms with Gasteiger partial charge in [-0.15, -0.1) is 11.3 Å². The summed E-state index contributed by atoms with van der Waals surface area (Å²) in [4.78, 5) is 22.9. The Kier molecular flexibility index (Phi) is 6.42. The molecule has 11 heteroatoms. The number of hydrogen-bond acceptors (Lipinski definition) is 7. The maximum Gasteiger partial charge on any atom is 0.241 e. The highest BCUT2D eigenvalue weighted by Gasteiger charge is 2.26. The molecule has 38 heavy (non-hydrogen) atoms. The summed E-state index contributed by atoms with van der Waals surface area (Å²) in [7, 11) is 1.61. The molecule has 1 aliphatic rings. The van der Waals surface area contributed by atoms with Crippen LogP contribution in [0, 0.1) is 5.82 Å². The molecule has 2 N–H and O–H groups in total. The summed E-state index contributed by atoms with van der Waals surface area (Å²) in [6, 6.07) is 11.7. The highest BCUT2D eigenvalue weighted by molar-refractivity contribution is 7.22. The van der Waals surface area contributed by atoms with Crippen molar-refractivity contribution >= 4 is 50.6 Å². The predicted molar refractivity (Wildman–Crippen MR) is 146 cm³/mol. The van der Waals surface area contributed by atoms with Crippen molar-refractivity contribution in [3.05, 3.63) is 82.6 Å². The van der Waals surface area contributed by atoms with Crippen LogP contribution in [-0.2, 0) is 30.8 Å². The molecule has 0 aliphatic heterocycles. The fourth-order valence-electron chi connectivity index (χ4n) is 4.55. The Hall–Kier alpha value is -4.02. The molecule has 0 spiro atoms. The molecule has 0 saturated carbocycles. The van der Waals surface area contributed by atoms with E-state index in [1.807, 2.05) is 12.3 Å². The molecule has 8 nitrogen and oxygen atoms in total. The average Bonchev–Trinajstić information content (AvgIpc) is 3.49. The van der Waals surface area contributed by atoms with Crippen molar-refractivity contribution in [2.45, 2.75) is 26.0 Å². The number of carbonyl (C=O) groups excluding carboxylic acids is 1. The molecule has 192 valence electrons. The number of aryl methyl sites for hydroxylation is 2. The van der Waals surface area contributed by atoms with Crippen LogP contribution in [0.1, 0.15) is 16.8 Å². The van der Waals surface area contributed by atoms with Gasteiger partial charge in [0.2, 0.25) is 5.91 Å². The quantitative estimate of drug-likeness (QED) is 0.278. The fourth-order valence-corrected chi connectivity index (χ4v) is 6.01. The largest absolute Gasteiger partial charge is 0.487 e. The summed E-state index contributed by atoms with van der Waals surface area (Å²) < 4.78 is 20.9. The number of fused-ring (bicyclic) bond motifs is 5. The lowest BCUT2D eigenvalue weighted by Crippen LogP contribution is -2.23. The molecule has 0 unspecified atom stereocenters. The van der Waals surface area contributed by atoms with E-state index in [9.17, 15) is 9.18 Å². The van der Waals surface area contributed by atoms with E-state index in [-0.39, 0.29) is 24.9 Å². The summed E-state index contributed by atoms with van der Waals surface area (Å²) in [6.45, 7) is 0.387. The standard InChI is InChI=1S/C27H22ClFN6O2S/c1-30-23(36)12-35-11-19-21(34-35)7-6-18-24-26(31-14-32-27(24)38-25(18)19)33-17-5-8-22(20(28)10-17)37-13-15-3-2-4-16(29)9-15/h2-5,8-11,14H,6-7,12-13H2,1H3,(H,30,36)(H,31,32,33). The molecular formula is C27H22ClFN6O2S. The summed E-state index contributed by atoms with van der Waals surface area (Å²) in [5.41, 5.74) is 4.66. The van der Waals surface area contributed by atoms with Gasteiger partial charge in [-0.05, 0) is 54.3 Å². The highest BCUT2D eigenvalue weighted by atomic mass is 35.5. The van der Waals surface area contributed by atoms with Crippen molar-refractivity contribution < 1.29 is 13.9 Å². The van der Waals surface area contributed by atoms with Crippen LogP contribution in [0.15, 0.2) is 55.0 Å². The van der Waals surface area contributed by atoms with Gasteiger partial charge in [-0.1, -0.05) is 23.7 Å². The van der Waals surface area contributed by atoms with E-state index >= 15 is 0 Å². The molecular weight excluding hydrogens is 527 g/mol. The number of anilines is 2. The van der Waals surface area contributed by atoms with Gasteiger partial charge in [-0.25, -0.2) is 14.4 Å². The Labute approximate surface area is 226 Å². The van der Waals surface area contributed by atoms with Crippen LogP contribution >= 0.6 is 22.9 Å². The number of nitrogens with one attached hydrogen (secondary N) is 2. The van der Waals surface area contributed by atoms with Crippen molar-refractivity contribution in [3.63, 3.8) is 0 Å². The Bertz CT molecular complexity index is 1680. The molecule has 0 fully saturated rings. The minimum atomic E-state index is -0.308. The number of rotatable bonds is 7. The number of carbonyl (C=O) groups is 1. The second kappa shape index (κ2) is 10.0. The number of likely N-dealkylation sites (N-methyl/N-ethyl adjacent to an activating group) is 1. The Balaban J connectivity index is 1.26. The summed E-state index contributed by atoms with van der Waals surface area (Å²) in [5.74, 6) is 0.794. The van der Waals surface area contributed by atoms with E-state index in [2.05, 4.69) is 25.7 Å². The second-order valence-electron chi connectivity index (χ2n) is 8.86. The number of aromatic nitrogens is 4. The van der Waals surface area contributed by atoms with Gasteiger partial charge < -0.3 is 15.4 Å². The number of amides is 1. The molecule has 3 aromatic heterocycles. The van der Waals surface area contributed by atoms with Crippen molar-refractivity contribution in [2.75, 3.05) is 12.4 Å². The van der Waals surface area contributed by atoms with Gasteiger partial charge in [0.15, 0.2) is 0 Å². The van der Waals surface area contributed by atoms with Crippen molar-refractivity contribution in [2.24, 2.45) is 0 Å². The lowest BCUT2D eigenvalue weighted by atomic mass is 9.95. The van der Waals surface area contributed by atoms with Crippen molar-refractivity contribution in [1.29, 1.82) is 0 Å². The van der Waals surface area contributed by atoms with Gasteiger partial charge in [0.05, 0.1) is 16.1 Å². The first kappa shape index (κ1) is 24.3. The normalized spacial score (nSPS) is 12.2. The number of nitrogens with zero attached hydrogens (tertiary/aromatic N) is 4. The van der Waals surface area contributed by atoms with Gasteiger partial charge in [0.1, 0.15) is 41.7 Å². The third kappa shape index (κ3) is 4.68. The van der Waals surface area contributed by atoms with Crippen LogP contribution in [-0.4, -0.2) is 32.7 Å². The van der Waals surface area contributed by atoms with Gasteiger partial charge in [-0.3, -0.25) is 9.48 Å². The van der Waals surface area contributed by atoms with E-state index < -0.39 is 0 Å². The average molecular weight is 549 g/mol. The molecule has 0 atom stereocenters. The smallest absolute Gasteiger partial charge is 0.241 e. The van der Waals surface area contributed by atoms with Crippen LogP contribution in [0.25, 0.3) is 20.7 Å². The number of benzene rings is 2. The first-order chi connectivity index (χ1) is 18.5. The van der Waals surface area contributed by atoms with Crippen LogP contribution < -0.4 is 15.4 Å². The number of ether oxygens (including phenoxy) is 1. The summed E-state index contributed by atoms with van der Waals surface area (Å²) >= 11 is 8.10. The monoisotopic (exact) mass is 548 g/mol. The maximum absolute atomic E-state index is 13.4. The number of hydrogen-bond donors (Lipinski definition) is 2. The minimum absolute atomic E-state index is 0.0946. The molecule has 3 heterocycles. The third-order valence-electron chi connectivity index (χ3n) is 6.34. The fraction of sp³-hybridized carbons (Fsp3) is 0.185. The molecule has 1 aliphatic carbocycles. The summed E-state index contributed by atoms with van der Waals surface area (Å²) in [6.07, 6.45) is 5.04. The van der Waals surface area contributed by atoms with Gasteiger partial charge in [0.25, 0.3) is 0 Å². The number of halogens is 2. The van der Waals surface area contributed by atoms with Gasteiger partial charge in [0, 0.05) is 29.4 Å². The lowest BCUT2D eigenvalue weighted by Gasteiger charge is -2.13. The first-order valence-electron chi connectivity index (χ1n) is 12.0. The van der Waals surface area contributed by atoms with E-state index in [0.717, 1.165) is 50.4 Å². The van der Waals surface area contributed by atoms with Gasteiger partial charge in [-0.2, -0.15) is 5.10 Å². The Morgan fingerprint density at radius 3 is 2.92 bits per heavy atom. The zero-order valence-corrected chi connectivity index (χ0v) is 21.9. The number of thiophene rings is 1. The zero-order valence-electron chi connectivity index (χ0n) is 20.3. The van der Waals surface area contributed by atoms with Crippen LogP contribution in [0.3, 0.4) is 0 Å².